The highest BCUT2D eigenvalue weighted by atomic mass is 16.7. The van der Waals surface area contributed by atoms with E-state index in [9.17, 15) is 24.0 Å². The molecule has 0 radical (unpaired) electrons. The molecule has 0 unspecified atom stereocenters. The molecule has 4 bridgehead atoms. The van der Waals surface area contributed by atoms with Gasteiger partial charge in [0.1, 0.15) is 22.7 Å². The predicted octanol–water partition coefficient (Wildman–Crippen LogP) is 6.56. The van der Waals surface area contributed by atoms with Crippen LogP contribution in [0.15, 0.2) is 21.3 Å². The van der Waals surface area contributed by atoms with Gasteiger partial charge in [-0.15, -0.1) is 0 Å². The van der Waals surface area contributed by atoms with E-state index in [-0.39, 0.29) is 34.8 Å². The Hall–Kier alpha value is -3.89. The van der Waals surface area contributed by atoms with Gasteiger partial charge in [0.15, 0.2) is 17.6 Å². The number of hydrogen-bond acceptors (Lipinski definition) is 11. The first kappa shape index (κ1) is 35.5. The molecule has 4 heterocycles. The van der Waals surface area contributed by atoms with E-state index < -0.39 is 80.0 Å². The van der Waals surface area contributed by atoms with E-state index in [4.69, 9.17) is 28.1 Å². The molecule has 1 aromatic carbocycles. The maximum atomic E-state index is 14.8. The summed E-state index contributed by atoms with van der Waals surface area (Å²) in [5.74, 6) is -1.76. The number of ether oxygens (including phenoxy) is 5. The van der Waals surface area contributed by atoms with Gasteiger partial charge in [0.2, 0.25) is 11.2 Å². The highest BCUT2D eigenvalue weighted by molar-refractivity contribution is 5.95. The summed E-state index contributed by atoms with van der Waals surface area (Å²) >= 11 is 0. The summed E-state index contributed by atoms with van der Waals surface area (Å²) in [6, 6.07) is 3.20. The van der Waals surface area contributed by atoms with Gasteiger partial charge in [-0.25, -0.2) is 9.59 Å². The van der Waals surface area contributed by atoms with Crippen LogP contribution in [-0.4, -0.2) is 46.8 Å². The van der Waals surface area contributed by atoms with Crippen molar-refractivity contribution in [2.24, 2.45) is 21.7 Å². The van der Waals surface area contributed by atoms with Crippen LogP contribution in [0.1, 0.15) is 132 Å². The maximum Gasteiger partial charge on any atom is 0.351 e. The molecule has 2 aliphatic carbocycles. The van der Waals surface area contributed by atoms with Crippen LogP contribution in [0, 0.1) is 21.7 Å². The van der Waals surface area contributed by atoms with Crippen molar-refractivity contribution in [1.82, 2.24) is 0 Å². The first-order valence-electron chi connectivity index (χ1n) is 18.1. The molecule has 0 amide bonds. The third kappa shape index (κ3) is 4.15. The summed E-state index contributed by atoms with van der Waals surface area (Å²) in [7, 11) is 0. The molecule has 11 nitrogen and oxygen atoms in total. The van der Waals surface area contributed by atoms with Crippen molar-refractivity contribution in [3.05, 3.63) is 39.2 Å². The zero-order valence-electron chi connectivity index (χ0n) is 31.8. The van der Waals surface area contributed by atoms with E-state index in [1.54, 1.807) is 33.8 Å². The van der Waals surface area contributed by atoms with Crippen molar-refractivity contribution < 1.29 is 47.3 Å². The van der Waals surface area contributed by atoms with Gasteiger partial charge >= 0.3 is 23.9 Å². The molecule has 0 N–H and O–H groups in total. The normalized spacial score (nSPS) is 35.2. The number of hydrogen-bond donors (Lipinski definition) is 0. The quantitative estimate of drug-likeness (QED) is 0.246. The van der Waals surface area contributed by atoms with E-state index in [0.29, 0.717) is 36.3 Å². The smallest absolute Gasteiger partial charge is 0.351 e. The van der Waals surface area contributed by atoms with Gasteiger partial charge in [0.05, 0.1) is 21.8 Å². The van der Waals surface area contributed by atoms with Gasteiger partial charge < -0.3 is 28.1 Å². The minimum absolute atomic E-state index is 0.146. The summed E-state index contributed by atoms with van der Waals surface area (Å²) in [4.78, 5) is 69.5. The van der Waals surface area contributed by atoms with Gasteiger partial charge in [-0.05, 0) is 64.9 Å². The molecule has 2 saturated heterocycles. The Kier molecular flexibility index (Phi) is 7.07. The van der Waals surface area contributed by atoms with Crippen LogP contribution in [0.3, 0.4) is 0 Å². The SMILES string of the molecule is CCc1cc(=O)c2cc(C(C)(C)C)c3c(c2o1)[C@@H](OC(=O)[C@@]12CC[C@@](C)(C(=O)O1)C2(C)C)[C@@H](OC(=O)[C@@]12CC[C@@](C)(C(=O)O1)C2(C)C)C(C)(C)O3. The Labute approximate surface area is 298 Å². The molecule has 7 rings (SSSR count). The topological polar surface area (TPSA) is 145 Å². The summed E-state index contributed by atoms with van der Waals surface area (Å²) in [5, 5.41) is 0.251. The molecule has 2 saturated carbocycles. The number of carbonyl (C=O) groups excluding carboxylic acids is 4. The lowest BCUT2D eigenvalue weighted by Crippen LogP contribution is -2.58. The van der Waals surface area contributed by atoms with Gasteiger partial charge in [-0.1, -0.05) is 55.4 Å². The fraction of sp³-hybridized carbons (Fsp3) is 0.675. The van der Waals surface area contributed by atoms with Gasteiger partial charge in [-0.2, -0.15) is 0 Å². The number of aryl methyl sites for hydroxylation is 1. The number of rotatable bonds is 5. The van der Waals surface area contributed by atoms with Crippen LogP contribution in [0.5, 0.6) is 5.75 Å². The highest BCUT2D eigenvalue weighted by Gasteiger charge is 2.78. The van der Waals surface area contributed by atoms with Gasteiger partial charge in [0.25, 0.3) is 0 Å². The van der Waals surface area contributed by atoms with Crippen LogP contribution in [0.2, 0.25) is 0 Å². The first-order chi connectivity index (χ1) is 23.3. The Morgan fingerprint density at radius 3 is 1.71 bits per heavy atom. The van der Waals surface area contributed by atoms with Crippen LogP contribution >= 0.6 is 0 Å². The molecule has 2 aromatic rings. The molecule has 4 fully saturated rings. The average Bonchev–Trinajstić information content (AvgIpc) is 3.49. The van der Waals surface area contributed by atoms with Crippen molar-refractivity contribution in [1.29, 1.82) is 0 Å². The van der Waals surface area contributed by atoms with Crippen LogP contribution in [-0.2, 0) is 50.0 Å². The van der Waals surface area contributed by atoms with Crippen LogP contribution in [0.4, 0.5) is 0 Å². The van der Waals surface area contributed by atoms with Gasteiger partial charge in [-0.3, -0.25) is 14.4 Å². The van der Waals surface area contributed by atoms with Crippen LogP contribution in [0.25, 0.3) is 11.0 Å². The summed E-state index contributed by atoms with van der Waals surface area (Å²) in [6.45, 7) is 22.2. The van der Waals surface area contributed by atoms with Crippen molar-refractivity contribution in [2.45, 2.75) is 150 Å². The van der Waals surface area contributed by atoms with Crippen molar-refractivity contribution in [3.8, 4) is 5.75 Å². The fourth-order valence-electron chi connectivity index (χ4n) is 9.43. The number of carbonyl (C=O) groups is 4. The molecular formula is C40H50O11. The zero-order valence-corrected chi connectivity index (χ0v) is 31.8. The molecular weight excluding hydrogens is 656 g/mol. The van der Waals surface area contributed by atoms with Crippen LogP contribution < -0.4 is 10.2 Å². The van der Waals surface area contributed by atoms with Crippen molar-refractivity contribution in [3.63, 3.8) is 0 Å². The molecule has 5 aliphatic rings. The van der Waals surface area contributed by atoms with E-state index in [2.05, 4.69) is 0 Å². The van der Waals surface area contributed by atoms with Gasteiger partial charge in [0, 0.05) is 28.9 Å². The predicted molar refractivity (Wildman–Crippen MR) is 184 cm³/mol. The third-order valence-corrected chi connectivity index (χ3v) is 14.1. The molecule has 0 spiro atoms. The summed E-state index contributed by atoms with van der Waals surface area (Å²) < 4.78 is 38.1. The van der Waals surface area contributed by atoms with E-state index in [0.717, 1.165) is 0 Å². The second-order valence-corrected chi connectivity index (χ2v) is 18.4. The Bertz CT molecular complexity index is 1990. The summed E-state index contributed by atoms with van der Waals surface area (Å²) in [5.41, 5.74) is -7.99. The molecule has 3 aliphatic heterocycles. The van der Waals surface area contributed by atoms with Crippen molar-refractivity contribution >= 4 is 34.8 Å². The standard InChI is InChI=1S/C40H50O11/c1-13-20-18-23(41)21-19-22(33(2,3)4)26-24(25(21)46-20)27(47-31(44)39-16-14-37(11,29(42)50-39)35(39,7)8)28(34(5,6)49-26)48-32(45)40-17-15-38(12,30(43)51-40)36(40,9)10/h18-19,27-28H,13-17H2,1-12H3/t27-,28-,37+,38+,39-,40-/m1/s1. The molecule has 11 heteroatoms. The minimum Gasteiger partial charge on any atom is -0.483 e. The second kappa shape index (κ2) is 10.2. The minimum atomic E-state index is -1.61. The first-order valence-corrected chi connectivity index (χ1v) is 18.1. The third-order valence-electron chi connectivity index (χ3n) is 14.1. The lowest BCUT2D eigenvalue weighted by molar-refractivity contribution is -0.217. The number of fused-ring (bicyclic) bond motifs is 7. The fourth-order valence-corrected chi connectivity index (χ4v) is 9.43. The number of esters is 4. The largest absolute Gasteiger partial charge is 0.483 e. The second-order valence-electron chi connectivity index (χ2n) is 18.4. The maximum absolute atomic E-state index is 14.8. The highest BCUT2D eigenvalue weighted by Crippen LogP contribution is 2.68. The molecule has 1 aromatic heterocycles. The summed E-state index contributed by atoms with van der Waals surface area (Å²) in [6.07, 6.45) is -0.939. The number of benzene rings is 1. The zero-order chi connectivity index (χ0) is 37.7. The Morgan fingerprint density at radius 2 is 1.27 bits per heavy atom. The monoisotopic (exact) mass is 706 g/mol. The van der Waals surface area contributed by atoms with E-state index in [1.165, 1.54) is 6.07 Å². The lowest BCUT2D eigenvalue weighted by Gasteiger charge is -2.47. The Balaban J connectivity index is 1.45. The lowest BCUT2D eigenvalue weighted by atomic mass is 9.66. The van der Waals surface area contributed by atoms with E-state index in [1.807, 2.05) is 55.4 Å². The van der Waals surface area contributed by atoms with E-state index >= 15 is 0 Å². The van der Waals surface area contributed by atoms with Crippen molar-refractivity contribution in [2.75, 3.05) is 0 Å². The average molecular weight is 707 g/mol. The molecule has 276 valence electrons. The molecule has 6 atom stereocenters. The molecule has 51 heavy (non-hydrogen) atoms. The Morgan fingerprint density at radius 1 is 0.765 bits per heavy atom.